The van der Waals surface area contributed by atoms with Gasteiger partial charge in [0.15, 0.2) is 18.2 Å². The lowest BCUT2D eigenvalue weighted by Crippen LogP contribution is -2.29. The molecule has 174 valence electrons. The molecule has 1 aromatic heterocycles. The predicted octanol–water partition coefficient (Wildman–Crippen LogP) is 3.29. The average molecular weight is 460 g/mol. The third-order valence-electron chi connectivity index (χ3n) is 5.69. The summed E-state index contributed by atoms with van der Waals surface area (Å²) in [6.45, 7) is 1.68. The zero-order chi connectivity index (χ0) is 23.5. The Kier molecular flexibility index (Phi) is 6.01. The monoisotopic (exact) mass is 460 g/mol. The van der Waals surface area contributed by atoms with Gasteiger partial charge < -0.3 is 25.2 Å². The number of pyridine rings is 1. The van der Waals surface area contributed by atoms with E-state index in [0.29, 0.717) is 43.4 Å². The van der Waals surface area contributed by atoms with Gasteiger partial charge in [-0.1, -0.05) is 30.3 Å². The number of cyclic esters (lactones) is 1. The van der Waals surface area contributed by atoms with Crippen LogP contribution in [0.25, 0.3) is 11.1 Å². The maximum absolute atomic E-state index is 12.4. The van der Waals surface area contributed by atoms with Crippen molar-refractivity contribution in [3.63, 3.8) is 0 Å². The molecule has 2 amide bonds. The summed E-state index contributed by atoms with van der Waals surface area (Å²) in [4.78, 5) is 29.7. The minimum Gasteiger partial charge on any atom is -0.508 e. The minimum absolute atomic E-state index is 0.0466. The van der Waals surface area contributed by atoms with Crippen LogP contribution in [0.1, 0.15) is 12.0 Å². The van der Waals surface area contributed by atoms with Crippen LogP contribution in [0.5, 0.6) is 11.5 Å². The van der Waals surface area contributed by atoms with E-state index in [0.717, 1.165) is 16.7 Å². The Morgan fingerprint density at radius 2 is 1.91 bits per heavy atom. The largest absolute Gasteiger partial charge is 0.508 e. The summed E-state index contributed by atoms with van der Waals surface area (Å²) in [6.07, 6.45) is -0.0687. The molecule has 34 heavy (non-hydrogen) atoms. The van der Waals surface area contributed by atoms with Crippen molar-refractivity contribution in [2.24, 2.45) is 0 Å². The maximum atomic E-state index is 12.4. The lowest BCUT2D eigenvalue weighted by atomic mass is 10.0. The molecule has 1 unspecified atom stereocenters. The second-order valence-corrected chi connectivity index (χ2v) is 8.19. The fourth-order valence-electron chi connectivity index (χ4n) is 4.00. The Hall–Kier alpha value is -4.11. The molecular weight excluding hydrogens is 436 g/mol. The van der Waals surface area contributed by atoms with Crippen LogP contribution in [-0.4, -0.2) is 47.9 Å². The van der Waals surface area contributed by atoms with Crippen molar-refractivity contribution in [2.45, 2.75) is 19.1 Å². The Bertz CT molecular complexity index is 1230. The van der Waals surface area contributed by atoms with E-state index in [1.54, 1.807) is 24.3 Å². The third kappa shape index (κ3) is 4.79. The number of anilines is 2. The first-order valence-corrected chi connectivity index (χ1v) is 11.1. The number of ether oxygens (including phenoxy) is 2. The highest BCUT2D eigenvalue weighted by molar-refractivity contribution is 5.95. The molecule has 0 radical (unpaired) electrons. The number of carbonyl (C=O) groups excluding carboxylic acids is 2. The first-order chi connectivity index (χ1) is 16.5. The number of hydrogen-bond acceptors (Lipinski definition) is 7. The second kappa shape index (κ2) is 9.40. The van der Waals surface area contributed by atoms with Crippen LogP contribution in [0.4, 0.5) is 16.4 Å². The number of nitrogens with one attached hydrogen (secondary N) is 2. The first kappa shape index (κ1) is 21.7. The van der Waals surface area contributed by atoms with Crippen molar-refractivity contribution >= 4 is 23.6 Å². The van der Waals surface area contributed by atoms with Crippen LogP contribution in [0, 0.1) is 0 Å². The summed E-state index contributed by atoms with van der Waals surface area (Å²) in [5, 5.41) is 15.8. The zero-order valence-corrected chi connectivity index (χ0v) is 18.4. The minimum atomic E-state index is -0.459. The molecule has 9 heteroatoms. The quantitative estimate of drug-likeness (QED) is 0.464. The van der Waals surface area contributed by atoms with Crippen LogP contribution in [0.15, 0.2) is 60.7 Å². The van der Waals surface area contributed by atoms with Crippen LogP contribution in [-0.2, 0) is 16.1 Å². The van der Waals surface area contributed by atoms with Gasteiger partial charge in [-0.15, -0.1) is 0 Å². The molecular formula is C25H24N4O5. The van der Waals surface area contributed by atoms with Crippen LogP contribution >= 0.6 is 0 Å². The van der Waals surface area contributed by atoms with E-state index in [9.17, 15) is 14.7 Å². The Balaban J connectivity index is 1.13. The number of aromatic hydroxyl groups is 1. The molecule has 2 aromatic carbocycles. The first-order valence-electron chi connectivity index (χ1n) is 11.1. The van der Waals surface area contributed by atoms with Crippen LogP contribution in [0.3, 0.4) is 0 Å². The molecule has 5 rings (SSSR count). The Labute approximate surface area is 196 Å². The molecule has 0 aliphatic carbocycles. The van der Waals surface area contributed by atoms with Crippen LogP contribution in [0.2, 0.25) is 0 Å². The van der Waals surface area contributed by atoms with E-state index in [-0.39, 0.29) is 24.4 Å². The topological polar surface area (TPSA) is 113 Å². The second-order valence-electron chi connectivity index (χ2n) is 8.19. The van der Waals surface area contributed by atoms with Gasteiger partial charge in [-0.3, -0.25) is 9.69 Å². The molecule has 0 saturated carbocycles. The lowest BCUT2D eigenvalue weighted by molar-refractivity contribution is -0.118. The maximum Gasteiger partial charge on any atom is 0.415 e. The van der Waals surface area contributed by atoms with Gasteiger partial charge in [0.05, 0.1) is 6.54 Å². The predicted molar refractivity (Wildman–Crippen MR) is 126 cm³/mol. The number of nitrogens with zero attached hydrogens (tertiary/aromatic N) is 2. The zero-order valence-electron chi connectivity index (χ0n) is 18.4. The summed E-state index contributed by atoms with van der Waals surface area (Å²) in [6, 6.07) is 18.7. The molecule has 1 atom stereocenters. The van der Waals surface area contributed by atoms with Crippen molar-refractivity contribution in [1.29, 1.82) is 0 Å². The SMILES string of the molecule is O=C1COc2ccc(N3CC(CCNCc4cccc(-c5cccc(O)c5)c4)OC3=O)nc2N1. The number of phenolic OH excluding ortho intramolecular Hbond substituents is 1. The van der Waals surface area contributed by atoms with Gasteiger partial charge in [0.2, 0.25) is 0 Å². The van der Waals surface area contributed by atoms with Gasteiger partial charge in [-0.2, -0.15) is 0 Å². The van der Waals surface area contributed by atoms with Gasteiger partial charge in [0, 0.05) is 6.54 Å². The van der Waals surface area contributed by atoms with Crippen molar-refractivity contribution in [2.75, 3.05) is 29.9 Å². The summed E-state index contributed by atoms with van der Waals surface area (Å²) in [7, 11) is 0. The highest BCUT2D eigenvalue weighted by atomic mass is 16.6. The highest BCUT2D eigenvalue weighted by Crippen LogP contribution is 2.30. The van der Waals surface area contributed by atoms with Crippen molar-refractivity contribution in [3.8, 4) is 22.6 Å². The molecule has 2 aliphatic heterocycles. The van der Waals surface area contributed by atoms with Gasteiger partial charge in [0.1, 0.15) is 17.7 Å². The fourth-order valence-corrected chi connectivity index (χ4v) is 4.00. The van der Waals surface area contributed by atoms with Crippen molar-refractivity contribution in [3.05, 3.63) is 66.2 Å². The standard InChI is InChI=1S/C25H24N4O5/c30-19-6-2-5-18(12-19)17-4-1-3-16(11-17)13-26-10-9-20-14-29(25(32)34-20)22-8-7-21-24(27-22)28-23(31)15-33-21/h1-8,11-12,20,26,30H,9-10,13-15H2,(H,27,28,31). The van der Waals surface area contributed by atoms with E-state index in [1.165, 1.54) is 4.90 Å². The average Bonchev–Trinajstić information content (AvgIpc) is 3.22. The van der Waals surface area contributed by atoms with Gasteiger partial charge in [-0.25, -0.2) is 9.78 Å². The van der Waals surface area contributed by atoms with E-state index < -0.39 is 6.09 Å². The number of aromatic nitrogens is 1. The molecule has 0 spiro atoms. The number of rotatable bonds is 7. The van der Waals surface area contributed by atoms with Crippen LogP contribution < -0.4 is 20.3 Å². The summed E-state index contributed by atoms with van der Waals surface area (Å²) >= 11 is 0. The van der Waals surface area contributed by atoms with Gasteiger partial charge in [0.25, 0.3) is 5.91 Å². The van der Waals surface area contributed by atoms with E-state index in [2.05, 4.69) is 21.7 Å². The number of carbonyl (C=O) groups is 2. The third-order valence-corrected chi connectivity index (χ3v) is 5.69. The number of benzene rings is 2. The molecule has 2 aliphatic rings. The number of phenols is 1. The van der Waals surface area contributed by atoms with E-state index in [1.807, 2.05) is 30.3 Å². The molecule has 3 N–H and O–H groups in total. The summed E-state index contributed by atoms with van der Waals surface area (Å²) in [5.74, 6) is 1.15. The molecule has 3 heterocycles. The van der Waals surface area contributed by atoms with Gasteiger partial charge >= 0.3 is 6.09 Å². The van der Waals surface area contributed by atoms with Crippen molar-refractivity contribution in [1.82, 2.24) is 10.3 Å². The normalized spacial score (nSPS) is 17.1. The smallest absolute Gasteiger partial charge is 0.415 e. The molecule has 1 saturated heterocycles. The molecule has 9 nitrogen and oxygen atoms in total. The van der Waals surface area contributed by atoms with E-state index >= 15 is 0 Å². The Morgan fingerprint density at radius 1 is 1.09 bits per heavy atom. The summed E-state index contributed by atoms with van der Waals surface area (Å²) in [5.41, 5.74) is 3.12. The summed E-state index contributed by atoms with van der Waals surface area (Å²) < 4.78 is 10.8. The number of fused-ring (bicyclic) bond motifs is 1. The van der Waals surface area contributed by atoms with Gasteiger partial charge in [-0.05, 0) is 60.0 Å². The lowest BCUT2D eigenvalue weighted by Gasteiger charge is -2.19. The molecule has 0 bridgehead atoms. The Morgan fingerprint density at radius 3 is 2.76 bits per heavy atom. The van der Waals surface area contributed by atoms with Crippen molar-refractivity contribution < 1.29 is 24.2 Å². The molecule has 3 aromatic rings. The number of hydrogen-bond donors (Lipinski definition) is 3. The van der Waals surface area contributed by atoms with E-state index in [4.69, 9.17) is 9.47 Å². The fraction of sp³-hybridized carbons (Fsp3) is 0.240. The highest BCUT2D eigenvalue weighted by Gasteiger charge is 2.33. The number of amides is 2. The molecule has 1 fully saturated rings.